The van der Waals surface area contributed by atoms with Crippen LogP contribution in [0.15, 0.2) is 34.9 Å². The molecule has 0 bridgehead atoms. The molecule has 0 saturated carbocycles. The fourth-order valence-corrected chi connectivity index (χ4v) is 2.60. The molecular formula is C16H15ClN2O5. The van der Waals surface area contributed by atoms with Gasteiger partial charge < -0.3 is 19.2 Å². The van der Waals surface area contributed by atoms with Crippen molar-refractivity contribution >= 4 is 23.5 Å². The van der Waals surface area contributed by atoms with E-state index in [1.165, 1.54) is 11.2 Å². The first-order chi connectivity index (χ1) is 11.5. The molecule has 2 heterocycles. The summed E-state index contributed by atoms with van der Waals surface area (Å²) in [6, 6.07) is 6.01. The zero-order valence-corrected chi connectivity index (χ0v) is 13.4. The number of aliphatic carboxylic acids is 1. The molecule has 1 atom stereocenters. The summed E-state index contributed by atoms with van der Waals surface area (Å²) in [5, 5.41) is 9.78. The van der Waals surface area contributed by atoms with Crippen molar-refractivity contribution in [2.24, 2.45) is 0 Å². The van der Waals surface area contributed by atoms with Crippen LogP contribution in [0.5, 0.6) is 0 Å². The Bertz CT molecular complexity index is 743. The maximum absolute atomic E-state index is 12.4. The lowest BCUT2D eigenvalue weighted by atomic mass is 10.2. The predicted molar refractivity (Wildman–Crippen MR) is 84.6 cm³/mol. The number of halogens is 1. The van der Waals surface area contributed by atoms with Gasteiger partial charge in [-0.3, -0.25) is 4.79 Å². The summed E-state index contributed by atoms with van der Waals surface area (Å²) in [6.07, 6.45) is 1.37. The van der Waals surface area contributed by atoms with Crippen LogP contribution >= 0.6 is 11.6 Å². The van der Waals surface area contributed by atoms with Crippen LogP contribution in [-0.2, 0) is 20.7 Å². The molecule has 7 nitrogen and oxygen atoms in total. The maximum atomic E-state index is 12.4. The predicted octanol–water partition coefficient (Wildman–Crippen LogP) is 1.85. The SMILES string of the molecule is O=C(O)[C@@H]1COCCN1C(=O)Cc1coc(-c2ccc(Cl)cc2)n1. The van der Waals surface area contributed by atoms with Gasteiger partial charge in [-0.05, 0) is 24.3 Å². The monoisotopic (exact) mass is 350 g/mol. The molecule has 2 aromatic rings. The van der Waals surface area contributed by atoms with Crippen molar-refractivity contribution in [3.63, 3.8) is 0 Å². The number of carboxylic acids is 1. The number of amides is 1. The van der Waals surface area contributed by atoms with E-state index in [0.29, 0.717) is 23.2 Å². The number of rotatable bonds is 4. The molecule has 1 saturated heterocycles. The van der Waals surface area contributed by atoms with Gasteiger partial charge in [-0.2, -0.15) is 0 Å². The van der Waals surface area contributed by atoms with E-state index < -0.39 is 12.0 Å². The van der Waals surface area contributed by atoms with Gasteiger partial charge in [0.05, 0.1) is 25.3 Å². The Hall–Kier alpha value is -2.38. The lowest BCUT2D eigenvalue weighted by Gasteiger charge is -2.32. The summed E-state index contributed by atoms with van der Waals surface area (Å²) >= 11 is 5.84. The number of hydrogen-bond donors (Lipinski definition) is 1. The molecular weight excluding hydrogens is 336 g/mol. The Labute approximate surface area is 142 Å². The molecule has 8 heteroatoms. The number of nitrogens with zero attached hydrogens (tertiary/aromatic N) is 2. The molecule has 126 valence electrons. The normalized spacial score (nSPS) is 17.7. The molecule has 1 fully saturated rings. The highest BCUT2D eigenvalue weighted by atomic mass is 35.5. The zero-order chi connectivity index (χ0) is 17.1. The van der Waals surface area contributed by atoms with Gasteiger partial charge in [0.15, 0.2) is 6.04 Å². The largest absolute Gasteiger partial charge is 0.480 e. The molecule has 1 amide bonds. The lowest BCUT2D eigenvalue weighted by molar-refractivity contribution is -0.158. The number of carbonyl (C=O) groups excluding carboxylic acids is 1. The smallest absolute Gasteiger partial charge is 0.328 e. The van der Waals surface area contributed by atoms with Gasteiger partial charge in [-0.1, -0.05) is 11.6 Å². The van der Waals surface area contributed by atoms with E-state index in [0.717, 1.165) is 5.56 Å². The minimum Gasteiger partial charge on any atom is -0.480 e. The minimum atomic E-state index is -1.08. The maximum Gasteiger partial charge on any atom is 0.328 e. The fraction of sp³-hybridized carbons (Fsp3) is 0.312. The number of ether oxygens (including phenoxy) is 1. The lowest BCUT2D eigenvalue weighted by Crippen LogP contribution is -2.53. The molecule has 1 N–H and O–H groups in total. The van der Waals surface area contributed by atoms with Crippen LogP contribution in [0.1, 0.15) is 5.69 Å². The molecule has 24 heavy (non-hydrogen) atoms. The topological polar surface area (TPSA) is 92.9 Å². The van der Waals surface area contributed by atoms with Gasteiger partial charge in [0.1, 0.15) is 6.26 Å². The van der Waals surface area contributed by atoms with Crippen molar-refractivity contribution in [2.75, 3.05) is 19.8 Å². The van der Waals surface area contributed by atoms with Gasteiger partial charge in [0.2, 0.25) is 11.8 Å². The quantitative estimate of drug-likeness (QED) is 0.904. The highest BCUT2D eigenvalue weighted by Gasteiger charge is 2.32. The summed E-state index contributed by atoms with van der Waals surface area (Å²) in [7, 11) is 0. The Morgan fingerprint density at radius 3 is 2.79 bits per heavy atom. The summed E-state index contributed by atoms with van der Waals surface area (Å²) in [5.74, 6) is -1.02. The second-order valence-corrected chi connectivity index (χ2v) is 5.78. The Balaban J connectivity index is 1.70. The van der Waals surface area contributed by atoms with E-state index in [4.69, 9.17) is 20.8 Å². The molecule has 0 spiro atoms. The van der Waals surface area contributed by atoms with E-state index in [2.05, 4.69) is 4.98 Å². The number of carbonyl (C=O) groups is 2. The first-order valence-electron chi connectivity index (χ1n) is 7.35. The molecule has 3 rings (SSSR count). The van der Waals surface area contributed by atoms with E-state index >= 15 is 0 Å². The first kappa shape index (κ1) is 16.5. The standard InChI is InChI=1S/C16H15ClN2O5/c17-11-3-1-10(2-4-11)15-18-12(8-24-15)7-14(20)19-5-6-23-9-13(19)16(21)22/h1-4,8,13H,5-7,9H2,(H,21,22)/t13-/m0/s1. The second kappa shape index (κ2) is 7.02. The summed E-state index contributed by atoms with van der Waals surface area (Å²) < 4.78 is 10.5. The van der Waals surface area contributed by atoms with Crippen LogP contribution in [0, 0.1) is 0 Å². The Kier molecular flexibility index (Phi) is 4.82. The zero-order valence-electron chi connectivity index (χ0n) is 12.6. The van der Waals surface area contributed by atoms with E-state index in [1.807, 2.05) is 0 Å². The van der Waals surface area contributed by atoms with Crippen molar-refractivity contribution in [3.05, 3.63) is 41.2 Å². The molecule has 0 aliphatic carbocycles. The Morgan fingerprint density at radius 2 is 2.08 bits per heavy atom. The molecule has 1 aromatic heterocycles. The molecule has 0 radical (unpaired) electrons. The summed E-state index contributed by atoms with van der Waals surface area (Å²) in [6.45, 7) is 0.567. The average Bonchev–Trinajstić information content (AvgIpc) is 3.04. The van der Waals surface area contributed by atoms with Crippen molar-refractivity contribution in [1.82, 2.24) is 9.88 Å². The van der Waals surface area contributed by atoms with Crippen LogP contribution in [0.4, 0.5) is 0 Å². The Morgan fingerprint density at radius 1 is 1.33 bits per heavy atom. The molecule has 1 aliphatic rings. The third-order valence-corrected chi connectivity index (χ3v) is 3.96. The average molecular weight is 351 g/mol. The third-order valence-electron chi connectivity index (χ3n) is 3.71. The van der Waals surface area contributed by atoms with Gasteiger partial charge in [0.25, 0.3) is 0 Å². The molecule has 0 unspecified atom stereocenters. The number of morpholine rings is 1. The van der Waals surface area contributed by atoms with Crippen LogP contribution < -0.4 is 0 Å². The summed E-state index contributed by atoms with van der Waals surface area (Å²) in [4.78, 5) is 29.2. The molecule has 1 aliphatic heterocycles. The third kappa shape index (κ3) is 3.58. The van der Waals surface area contributed by atoms with Crippen LogP contribution in [-0.4, -0.2) is 52.7 Å². The van der Waals surface area contributed by atoms with Crippen LogP contribution in [0.2, 0.25) is 5.02 Å². The fourth-order valence-electron chi connectivity index (χ4n) is 2.48. The van der Waals surface area contributed by atoms with Gasteiger partial charge in [0, 0.05) is 17.1 Å². The number of benzene rings is 1. The first-order valence-corrected chi connectivity index (χ1v) is 7.73. The highest BCUT2D eigenvalue weighted by molar-refractivity contribution is 6.30. The minimum absolute atomic E-state index is 0.00405. The van der Waals surface area contributed by atoms with Crippen molar-refractivity contribution in [1.29, 1.82) is 0 Å². The van der Waals surface area contributed by atoms with E-state index in [1.54, 1.807) is 24.3 Å². The van der Waals surface area contributed by atoms with Gasteiger partial charge in [-0.15, -0.1) is 0 Å². The second-order valence-electron chi connectivity index (χ2n) is 5.34. The van der Waals surface area contributed by atoms with Gasteiger partial charge in [-0.25, -0.2) is 9.78 Å². The van der Waals surface area contributed by atoms with Crippen molar-refractivity contribution < 1.29 is 23.8 Å². The molecule has 1 aromatic carbocycles. The van der Waals surface area contributed by atoms with Gasteiger partial charge >= 0.3 is 5.97 Å². The number of hydrogen-bond acceptors (Lipinski definition) is 5. The van der Waals surface area contributed by atoms with Crippen molar-refractivity contribution in [3.8, 4) is 11.5 Å². The van der Waals surface area contributed by atoms with E-state index in [9.17, 15) is 14.7 Å². The van der Waals surface area contributed by atoms with Crippen LogP contribution in [0.3, 0.4) is 0 Å². The highest BCUT2D eigenvalue weighted by Crippen LogP contribution is 2.21. The van der Waals surface area contributed by atoms with E-state index in [-0.39, 0.29) is 25.5 Å². The number of aromatic nitrogens is 1. The van der Waals surface area contributed by atoms with Crippen LogP contribution in [0.25, 0.3) is 11.5 Å². The summed E-state index contributed by atoms with van der Waals surface area (Å²) in [5.41, 5.74) is 1.19. The number of carboxylic acid groups (broad SMARTS) is 1. The number of oxazole rings is 1. The van der Waals surface area contributed by atoms with Crippen molar-refractivity contribution in [2.45, 2.75) is 12.5 Å².